The second-order valence-electron chi connectivity index (χ2n) is 11.9. The quantitative estimate of drug-likeness (QED) is 0.166. The summed E-state index contributed by atoms with van der Waals surface area (Å²) in [7, 11) is 1.95. The van der Waals surface area contributed by atoms with Crippen molar-refractivity contribution in [1.82, 2.24) is 24.8 Å². The predicted octanol–water partition coefficient (Wildman–Crippen LogP) is 3.49. The molecule has 0 aliphatic carbocycles. The molecule has 1 amide bonds. The van der Waals surface area contributed by atoms with E-state index in [9.17, 15) is 14.0 Å². The monoisotopic (exact) mass is 632 g/mol. The third kappa shape index (κ3) is 8.27. The Hall–Kier alpha value is -4.78. The number of aromatic nitrogens is 4. The highest BCUT2D eigenvalue weighted by Gasteiger charge is 2.27. The van der Waals surface area contributed by atoms with Crippen LogP contribution in [0.2, 0.25) is 0 Å². The minimum atomic E-state index is -0.677. The highest BCUT2D eigenvalue weighted by Crippen LogP contribution is 2.28. The summed E-state index contributed by atoms with van der Waals surface area (Å²) in [4.78, 5) is 42.3. The van der Waals surface area contributed by atoms with E-state index in [0.29, 0.717) is 18.9 Å². The van der Waals surface area contributed by atoms with Gasteiger partial charge in [0.15, 0.2) is 0 Å². The molecule has 0 bridgehead atoms. The van der Waals surface area contributed by atoms with Gasteiger partial charge >= 0.3 is 5.97 Å². The van der Waals surface area contributed by atoms with E-state index in [1.807, 2.05) is 56.1 Å². The van der Waals surface area contributed by atoms with Gasteiger partial charge in [0.05, 0.1) is 23.6 Å². The number of piperidine rings is 1. The lowest BCUT2D eigenvalue weighted by Gasteiger charge is -2.37. The number of benzene rings is 2. The Morgan fingerprint density at radius 3 is 2.57 bits per heavy atom. The van der Waals surface area contributed by atoms with E-state index in [4.69, 9.17) is 20.2 Å². The Morgan fingerprint density at radius 2 is 1.83 bits per heavy atom. The molecule has 1 saturated heterocycles. The number of nitrogens with two attached hydrogens (primary N) is 1. The normalized spacial score (nSPS) is 14.3. The Kier molecular flexibility index (Phi) is 10.6. The third-order valence-corrected chi connectivity index (χ3v) is 8.01. The van der Waals surface area contributed by atoms with Gasteiger partial charge in [-0.3, -0.25) is 9.59 Å². The van der Waals surface area contributed by atoms with Crippen molar-refractivity contribution in [3.8, 4) is 5.88 Å². The minimum Gasteiger partial charge on any atom is -0.440 e. The Morgan fingerprint density at radius 1 is 1.09 bits per heavy atom. The lowest BCUT2D eigenvalue weighted by atomic mass is 10.0. The van der Waals surface area contributed by atoms with Crippen LogP contribution < -0.4 is 25.6 Å². The fraction of sp³-hybridized carbons (Fsp3) is 0.424. The first-order chi connectivity index (χ1) is 22.2. The number of esters is 1. The van der Waals surface area contributed by atoms with Crippen molar-refractivity contribution in [1.29, 1.82) is 0 Å². The summed E-state index contributed by atoms with van der Waals surface area (Å²) in [6.45, 7) is 5.44. The molecular formula is C33H41FN8O4. The molecule has 12 nitrogen and oxygen atoms in total. The van der Waals surface area contributed by atoms with Crippen molar-refractivity contribution >= 4 is 34.8 Å². The first kappa shape index (κ1) is 32.6. The number of para-hydroxylation sites is 2. The molecule has 0 saturated carbocycles. The van der Waals surface area contributed by atoms with Gasteiger partial charge in [-0.25, -0.2) is 14.4 Å². The molecule has 1 aliphatic heterocycles. The largest absolute Gasteiger partial charge is 0.440 e. The van der Waals surface area contributed by atoms with E-state index in [1.54, 1.807) is 12.3 Å². The number of halogens is 1. The van der Waals surface area contributed by atoms with E-state index >= 15 is 0 Å². The number of carbonyl (C=O) groups is 2. The number of ether oxygens (including phenoxy) is 2. The maximum Gasteiger partial charge on any atom is 0.328 e. The van der Waals surface area contributed by atoms with Crippen LogP contribution in [-0.2, 0) is 20.9 Å². The Bertz CT molecular complexity index is 1620. The second kappa shape index (κ2) is 15.0. The average Bonchev–Trinajstić information content (AvgIpc) is 3.42. The molecule has 13 heteroatoms. The number of nitrogens with zero attached hydrogens (tertiary/aromatic N) is 6. The van der Waals surface area contributed by atoms with Gasteiger partial charge in [0.25, 0.3) is 0 Å². The number of hydrogen-bond acceptors (Lipinski definition) is 10. The molecule has 5 rings (SSSR count). The van der Waals surface area contributed by atoms with Crippen molar-refractivity contribution in [2.45, 2.75) is 51.7 Å². The van der Waals surface area contributed by atoms with Gasteiger partial charge in [-0.1, -0.05) is 38.1 Å². The molecule has 1 aliphatic rings. The number of carbonyl (C=O) groups excluding carboxylic acids is 2. The van der Waals surface area contributed by atoms with Gasteiger partial charge in [0, 0.05) is 38.4 Å². The number of anilines is 2. The fourth-order valence-corrected chi connectivity index (χ4v) is 5.54. The molecule has 2 aromatic carbocycles. The van der Waals surface area contributed by atoms with Crippen molar-refractivity contribution in [3.05, 3.63) is 72.2 Å². The van der Waals surface area contributed by atoms with Gasteiger partial charge in [0.2, 0.25) is 30.5 Å². The molecule has 0 radical (unpaired) electrons. The first-order valence-corrected chi connectivity index (χ1v) is 15.5. The molecule has 2 aromatic heterocycles. The number of imidazole rings is 1. The van der Waals surface area contributed by atoms with Crippen molar-refractivity contribution < 1.29 is 23.5 Å². The van der Waals surface area contributed by atoms with Gasteiger partial charge in [-0.2, -0.15) is 4.98 Å². The zero-order chi connectivity index (χ0) is 32.6. The maximum absolute atomic E-state index is 13.5. The van der Waals surface area contributed by atoms with E-state index in [-0.39, 0.29) is 37.0 Å². The molecule has 46 heavy (non-hydrogen) atoms. The highest BCUT2D eigenvalue weighted by atomic mass is 19.1. The summed E-state index contributed by atoms with van der Waals surface area (Å²) in [6, 6.07) is 15.7. The van der Waals surface area contributed by atoms with Crippen LogP contribution in [0.3, 0.4) is 0 Å². The highest BCUT2D eigenvalue weighted by molar-refractivity contribution is 5.85. The summed E-state index contributed by atoms with van der Waals surface area (Å²) in [5.41, 5.74) is 8.79. The van der Waals surface area contributed by atoms with Crippen molar-refractivity contribution in [2.24, 2.45) is 11.7 Å². The van der Waals surface area contributed by atoms with Crippen LogP contribution in [0.25, 0.3) is 11.0 Å². The number of amides is 1. The zero-order valence-electron chi connectivity index (χ0n) is 26.4. The zero-order valence-corrected chi connectivity index (χ0v) is 26.4. The van der Waals surface area contributed by atoms with Crippen LogP contribution in [-0.4, -0.2) is 77.0 Å². The van der Waals surface area contributed by atoms with Crippen LogP contribution in [0, 0.1) is 11.7 Å². The summed E-state index contributed by atoms with van der Waals surface area (Å²) in [5, 5.41) is 2.48. The number of rotatable bonds is 13. The molecule has 3 N–H and O–H groups in total. The number of hydrogen-bond donors (Lipinski definition) is 2. The summed E-state index contributed by atoms with van der Waals surface area (Å²) in [6.07, 6.45) is 3.83. The summed E-state index contributed by atoms with van der Waals surface area (Å²) in [5.74, 6) is 0.624. The van der Waals surface area contributed by atoms with Gasteiger partial charge in [0.1, 0.15) is 12.4 Å². The van der Waals surface area contributed by atoms with Crippen LogP contribution in [0.15, 0.2) is 60.8 Å². The van der Waals surface area contributed by atoms with Crippen molar-refractivity contribution in [2.75, 3.05) is 43.3 Å². The molecule has 1 fully saturated rings. The van der Waals surface area contributed by atoms with E-state index in [0.717, 1.165) is 48.5 Å². The molecule has 4 aromatic rings. The van der Waals surface area contributed by atoms with Gasteiger partial charge in [-0.05, 0) is 55.0 Å². The second-order valence-corrected chi connectivity index (χ2v) is 11.9. The Labute approximate surface area is 267 Å². The minimum absolute atomic E-state index is 0.185. The smallest absolute Gasteiger partial charge is 0.328 e. The molecule has 1 atom stereocenters. The molecule has 244 valence electrons. The van der Waals surface area contributed by atoms with Crippen LogP contribution >= 0.6 is 0 Å². The number of nitrogens with one attached hydrogen (secondary N) is 1. The maximum atomic E-state index is 13.5. The standard InChI is InChI=1S/C33H41FN8O4/c1-22(2)18-26(35)31(44)37-19-30(43)46-21-45-29-12-15-36-32(39-29)40(3)25-13-16-41(17-14-25)33-38-27-6-4-5-7-28(27)42(33)20-23-8-10-24(34)11-9-23/h4-12,15,22,25-26H,13-14,16-21,35H2,1-3H3,(H,37,44). The van der Waals surface area contributed by atoms with Crippen LogP contribution in [0.4, 0.5) is 16.3 Å². The van der Waals surface area contributed by atoms with E-state index < -0.39 is 17.9 Å². The molecule has 3 heterocycles. The van der Waals surface area contributed by atoms with Crippen LogP contribution in [0.5, 0.6) is 5.88 Å². The third-order valence-electron chi connectivity index (χ3n) is 8.01. The summed E-state index contributed by atoms with van der Waals surface area (Å²) < 4.78 is 26.3. The molecule has 0 spiro atoms. The lowest BCUT2D eigenvalue weighted by molar-refractivity contribution is -0.150. The molecular weight excluding hydrogens is 591 g/mol. The van der Waals surface area contributed by atoms with E-state index in [1.165, 1.54) is 12.1 Å². The van der Waals surface area contributed by atoms with Crippen LogP contribution in [0.1, 0.15) is 38.7 Å². The lowest BCUT2D eigenvalue weighted by Crippen LogP contribution is -2.44. The molecule has 1 unspecified atom stereocenters. The first-order valence-electron chi connectivity index (χ1n) is 15.5. The predicted molar refractivity (Wildman–Crippen MR) is 173 cm³/mol. The summed E-state index contributed by atoms with van der Waals surface area (Å²) >= 11 is 0. The number of fused-ring (bicyclic) bond motifs is 1. The fourth-order valence-electron chi connectivity index (χ4n) is 5.54. The topological polar surface area (TPSA) is 141 Å². The van der Waals surface area contributed by atoms with Gasteiger partial charge < -0.3 is 34.9 Å². The average molecular weight is 633 g/mol. The van der Waals surface area contributed by atoms with Gasteiger partial charge in [-0.15, -0.1) is 0 Å². The SMILES string of the molecule is CC(C)CC(N)C(=O)NCC(=O)OCOc1ccnc(N(C)C2CCN(c3nc4ccccc4n3Cc3ccc(F)cc3)CC2)n1. The van der Waals surface area contributed by atoms with Crippen molar-refractivity contribution in [3.63, 3.8) is 0 Å². The Balaban J connectivity index is 1.14. The van der Waals surface area contributed by atoms with E-state index in [2.05, 4.69) is 30.8 Å².